The number of aryl methyl sites for hydroxylation is 1. The Bertz CT molecular complexity index is 1140. The number of benzene rings is 1. The lowest BCUT2D eigenvalue weighted by Crippen LogP contribution is -2.09. The summed E-state index contributed by atoms with van der Waals surface area (Å²) >= 11 is 5.76. The van der Waals surface area contributed by atoms with Crippen molar-refractivity contribution in [3.05, 3.63) is 68.4 Å². The van der Waals surface area contributed by atoms with E-state index in [1.807, 2.05) is 0 Å². The number of ketones is 1. The summed E-state index contributed by atoms with van der Waals surface area (Å²) < 4.78 is 87.4. The van der Waals surface area contributed by atoms with E-state index in [1.54, 1.807) is 0 Å². The fraction of sp³-hybridized carbons (Fsp3) is 0.286. The van der Waals surface area contributed by atoms with Crippen molar-refractivity contribution >= 4 is 28.9 Å². The van der Waals surface area contributed by atoms with E-state index in [-0.39, 0.29) is 46.4 Å². The molecule has 0 aliphatic heterocycles. The zero-order chi connectivity index (χ0) is 23.6. The summed E-state index contributed by atoms with van der Waals surface area (Å²) in [7, 11) is 0. The summed E-state index contributed by atoms with van der Waals surface area (Å²) in [6, 6.07) is 3.00. The van der Waals surface area contributed by atoms with Gasteiger partial charge in [0.15, 0.2) is 5.82 Å². The van der Waals surface area contributed by atoms with Gasteiger partial charge in [0.1, 0.15) is 33.7 Å². The first kappa shape index (κ1) is 24.2. The number of carbonyl (C=O) groups is 1. The molecule has 0 radical (unpaired) electrons. The van der Waals surface area contributed by atoms with Crippen LogP contribution in [0.2, 0.25) is 5.02 Å². The van der Waals surface area contributed by atoms with Gasteiger partial charge < -0.3 is 4.79 Å². The van der Waals surface area contributed by atoms with Crippen molar-refractivity contribution in [3.8, 4) is 11.4 Å². The topological polar surface area (TPSA) is 42.9 Å². The lowest BCUT2D eigenvalue weighted by atomic mass is 9.98. The highest BCUT2D eigenvalue weighted by atomic mass is 35.5. The molecule has 32 heavy (non-hydrogen) atoms. The molecule has 0 spiro atoms. The van der Waals surface area contributed by atoms with Crippen LogP contribution in [0.5, 0.6) is 0 Å². The van der Waals surface area contributed by atoms with Crippen LogP contribution >= 0.6 is 23.1 Å². The molecule has 3 nitrogen and oxygen atoms in total. The molecular formula is C21H15ClF6N2OS. The Hall–Kier alpha value is -2.46. The minimum Gasteiger partial charge on any atom is -0.300 e. The van der Waals surface area contributed by atoms with Gasteiger partial charge in [0, 0.05) is 23.7 Å². The highest BCUT2D eigenvalue weighted by Crippen LogP contribution is 2.40. The molecular weight excluding hydrogens is 478 g/mol. The van der Waals surface area contributed by atoms with E-state index < -0.39 is 58.2 Å². The molecule has 0 saturated heterocycles. The minimum atomic E-state index is -4.79. The predicted molar refractivity (Wildman–Crippen MR) is 108 cm³/mol. The number of aromatic nitrogens is 2. The minimum absolute atomic E-state index is 0.0481. The number of Topliss-reactive ketones (excluding diaryl/α,β-unsaturated/α-hetero) is 1. The summed E-state index contributed by atoms with van der Waals surface area (Å²) in [5, 5.41) is -0.0481. The second-order valence-electron chi connectivity index (χ2n) is 7.06. The molecule has 0 atom stereocenters. The zero-order valence-corrected chi connectivity index (χ0v) is 18.1. The summed E-state index contributed by atoms with van der Waals surface area (Å²) in [4.78, 5) is 13.7. The Morgan fingerprint density at radius 1 is 0.969 bits per heavy atom. The molecule has 11 heteroatoms. The molecule has 0 N–H and O–H groups in total. The van der Waals surface area contributed by atoms with Crippen LogP contribution < -0.4 is 0 Å². The molecule has 170 valence electrons. The van der Waals surface area contributed by atoms with Crippen LogP contribution in [0.3, 0.4) is 0 Å². The third-order valence-electron chi connectivity index (χ3n) is 4.67. The van der Waals surface area contributed by atoms with Gasteiger partial charge in [0.25, 0.3) is 0 Å². The van der Waals surface area contributed by atoms with Crippen molar-refractivity contribution in [3.63, 3.8) is 0 Å². The van der Waals surface area contributed by atoms with Crippen LogP contribution in [0.15, 0.2) is 24.4 Å². The Kier molecular flexibility index (Phi) is 7.24. The summed E-state index contributed by atoms with van der Waals surface area (Å²) in [5.41, 5.74) is -1.34. The first-order valence-corrected chi connectivity index (χ1v) is 10.5. The van der Waals surface area contributed by atoms with E-state index in [0.29, 0.717) is 0 Å². The van der Waals surface area contributed by atoms with Crippen LogP contribution in [-0.4, -0.2) is 15.1 Å². The van der Waals surface area contributed by atoms with Crippen LogP contribution in [0.1, 0.15) is 34.9 Å². The summed E-state index contributed by atoms with van der Waals surface area (Å²) in [6.45, 7) is 1.35. The van der Waals surface area contributed by atoms with Crippen molar-refractivity contribution in [1.29, 1.82) is 0 Å². The molecule has 1 aromatic carbocycles. The normalized spacial score (nSPS) is 11.8. The maximum atomic E-state index is 14.5. The third-order valence-corrected chi connectivity index (χ3v) is 5.81. The molecule has 0 unspecified atom stereocenters. The number of pyridine rings is 1. The first-order chi connectivity index (χ1) is 15.0. The lowest BCUT2D eigenvalue weighted by Gasteiger charge is -2.11. The molecule has 3 rings (SSSR count). The molecule has 2 aromatic heterocycles. The third kappa shape index (κ3) is 5.47. The highest BCUT2D eigenvalue weighted by molar-refractivity contribution is 7.06. The molecule has 0 amide bonds. The molecule has 3 aromatic rings. The van der Waals surface area contributed by atoms with Gasteiger partial charge in [0.2, 0.25) is 0 Å². The van der Waals surface area contributed by atoms with E-state index in [1.165, 1.54) is 6.92 Å². The number of hydrogen-bond donors (Lipinski definition) is 0. The lowest BCUT2D eigenvalue weighted by molar-refractivity contribution is -0.134. The quantitative estimate of drug-likeness (QED) is 0.349. The molecule has 0 fully saturated rings. The van der Waals surface area contributed by atoms with E-state index >= 15 is 0 Å². The van der Waals surface area contributed by atoms with Crippen molar-refractivity contribution in [2.45, 2.75) is 38.8 Å². The first-order valence-electron chi connectivity index (χ1n) is 9.30. The van der Waals surface area contributed by atoms with Gasteiger partial charge in [-0.1, -0.05) is 11.6 Å². The van der Waals surface area contributed by atoms with Gasteiger partial charge in [0.05, 0.1) is 5.02 Å². The maximum Gasteiger partial charge on any atom is 0.427 e. The van der Waals surface area contributed by atoms with Crippen LogP contribution in [0.4, 0.5) is 26.3 Å². The Morgan fingerprint density at radius 3 is 2.16 bits per heavy atom. The smallest absolute Gasteiger partial charge is 0.300 e. The van der Waals surface area contributed by atoms with E-state index in [0.717, 1.165) is 24.4 Å². The van der Waals surface area contributed by atoms with Gasteiger partial charge >= 0.3 is 6.18 Å². The van der Waals surface area contributed by atoms with Crippen LogP contribution in [0, 0.1) is 17.5 Å². The second kappa shape index (κ2) is 9.58. The van der Waals surface area contributed by atoms with E-state index in [9.17, 15) is 31.1 Å². The van der Waals surface area contributed by atoms with Gasteiger partial charge in [-0.15, -0.1) is 0 Å². The Labute approximate surface area is 188 Å². The molecule has 0 bridgehead atoms. The van der Waals surface area contributed by atoms with Gasteiger partial charge in [-0.05, 0) is 61.5 Å². The number of hydrogen-bond acceptors (Lipinski definition) is 4. The number of alkyl halides is 3. The SMILES string of the molecule is CC(=O)CCc1cc(F)c(CCc2c(-c3ncc(Cl)cc3F)nsc2C(F)(F)F)c(F)c1. The summed E-state index contributed by atoms with van der Waals surface area (Å²) in [5.74, 6) is -2.98. The van der Waals surface area contributed by atoms with Gasteiger partial charge in [-0.3, -0.25) is 0 Å². The average molecular weight is 493 g/mol. The average Bonchev–Trinajstić information content (AvgIpc) is 3.10. The fourth-order valence-corrected chi connectivity index (χ4v) is 4.08. The van der Waals surface area contributed by atoms with Crippen molar-refractivity contribution in [2.24, 2.45) is 0 Å². The van der Waals surface area contributed by atoms with Crippen LogP contribution in [0.25, 0.3) is 11.4 Å². The van der Waals surface area contributed by atoms with Crippen molar-refractivity contribution in [1.82, 2.24) is 9.36 Å². The number of rotatable bonds is 7. The standard InChI is InChI=1S/C21H15ClF6N2OS/c1-10(31)2-3-11-6-15(23)13(16(24)7-11)4-5-14-18(30-32-20(14)21(26,27)28)19-17(25)8-12(22)9-29-19/h6-9H,2-5H2,1H3. The second-order valence-corrected chi connectivity index (χ2v) is 8.27. The zero-order valence-electron chi connectivity index (χ0n) is 16.5. The molecule has 0 aliphatic rings. The van der Waals surface area contributed by atoms with Gasteiger partial charge in [-0.2, -0.15) is 17.5 Å². The van der Waals surface area contributed by atoms with E-state index in [4.69, 9.17) is 11.6 Å². The van der Waals surface area contributed by atoms with Crippen LogP contribution in [-0.2, 0) is 30.2 Å². The molecule has 2 heterocycles. The summed E-state index contributed by atoms with van der Waals surface area (Å²) in [6.07, 6.45) is -4.35. The molecule has 0 aliphatic carbocycles. The number of halogens is 7. The predicted octanol–water partition coefficient (Wildman–Crippen LogP) is 6.60. The van der Waals surface area contributed by atoms with Gasteiger partial charge in [-0.25, -0.2) is 18.2 Å². The van der Waals surface area contributed by atoms with Crippen molar-refractivity contribution in [2.75, 3.05) is 0 Å². The Morgan fingerprint density at radius 2 is 1.59 bits per heavy atom. The van der Waals surface area contributed by atoms with E-state index in [2.05, 4.69) is 9.36 Å². The monoisotopic (exact) mass is 492 g/mol. The number of nitrogens with zero attached hydrogens (tertiary/aromatic N) is 2. The Balaban J connectivity index is 1.95. The molecule has 0 saturated carbocycles. The van der Waals surface area contributed by atoms with Crippen molar-refractivity contribution < 1.29 is 31.1 Å². The number of carbonyl (C=O) groups excluding carboxylic acids is 1. The largest absolute Gasteiger partial charge is 0.427 e. The fourth-order valence-electron chi connectivity index (χ4n) is 3.15. The highest BCUT2D eigenvalue weighted by Gasteiger charge is 2.38. The maximum absolute atomic E-state index is 14.5.